The molecule has 1 aromatic heterocycles. The number of nitrogens with zero attached hydrogens (tertiary/aromatic N) is 2. The monoisotopic (exact) mass is 212 g/mol. The molecule has 1 fully saturated rings. The third-order valence-corrected chi connectivity index (χ3v) is 2.71. The number of ether oxygens (including phenoxy) is 1. The molecule has 2 rings (SSSR count). The van der Waals surface area contributed by atoms with E-state index in [1.165, 1.54) is 6.42 Å². The zero-order valence-corrected chi connectivity index (χ0v) is 8.92. The summed E-state index contributed by atoms with van der Waals surface area (Å²) in [5, 5.41) is 0. The number of alkyl halides is 1. The molecule has 1 aromatic rings. The molecule has 1 aliphatic rings. The molecule has 0 spiro atoms. The average molecular weight is 213 g/mol. The number of halogens is 1. The second-order valence-electron chi connectivity index (χ2n) is 3.55. The minimum atomic E-state index is 0.339. The maximum Gasteiger partial charge on any atom is 0.221 e. The molecule has 0 aromatic carbocycles. The Morgan fingerprint density at radius 1 is 1.57 bits per heavy atom. The lowest BCUT2D eigenvalue weighted by atomic mass is 9.96. The van der Waals surface area contributed by atoms with Crippen LogP contribution in [-0.2, 0) is 5.88 Å². The van der Waals surface area contributed by atoms with Gasteiger partial charge in [0.1, 0.15) is 11.9 Å². The van der Waals surface area contributed by atoms with E-state index >= 15 is 0 Å². The topological polar surface area (TPSA) is 35.0 Å². The van der Waals surface area contributed by atoms with E-state index in [2.05, 4.69) is 9.97 Å². The molecule has 1 aliphatic carbocycles. The molecule has 0 radical (unpaired) electrons. The first-order valence-corrected chi connectivity index (χ1v) is 5.38. The zero-order chi connectivity index (χ0) is 9.97. The SMILES string of the molecule is Cc1ncc(CCl)c(OC2CCC2)n1. The van der Waals surface area contributed by atoms with Crippen LogP contribution in [0, 0.1) is 6.92 Å². The number of hydrogen-bond donors (Lipinski definition) is 0. The smallest absolute Gasteiger partial charge is 0.221 e. The predicted octanol–water partition coefficient (Wildman–Crippen LogP) is 2.46. The highest BCUT2D eigenvalue weighted by Gasteiger charge is 2.21. The molecular formula is C10H13ClN2O. The first kappa shape index (κ1) is 9.71. The van der Waals surface area contributed by atoms with Crippen molar-refractivity contribution in [2.24, 2.45) is 0 Å². The Balaban J connectivity index is 2.15. The van der Waals surface area contributed by atoms with Crippen molar-refractivity contribution in [3.63, 3.8) is 0 Å². The summed E-state index contributed by atoms with van der Waals surface area (Å²) in [6.07, 6.45) is 5.59. The quantitative estimate of drug-likeness (QED) is 0.722. The molecular weight excluding hydrogens is 200 g/mol. The van der Waals surface area contributed by atoms with Gasteiger partial charge in [-0.2, -0.15) is 4.98 Å². The van der Waals surface area contributed by atoms with Crippen molar-refractivity contribution >= 4 is 11.6 Å². The van der Waals surface area contributed by atoms with Crippen LogP contribution in [0.3, 0.4) is 0 Å². The number of rotatable bonds is 3. The van der Waals surface area contributed by atoms with Gasteiger partial charge in [-0.15, -0.1) is 11.6 Å². The van der Waals surface area contributed by atoms with Crippen molar-refractivity contribution in [3.05, 3.63) is 17.6 Å². The van der Waals surface area contributed by atoms with Crippen LogP contribution in [0.2, 0.25) is 0 Å². The molecule has 0 bridgehead atoms. The maximum absolute atomic E-state index is 5.77. The Morgan fingerprint density at radius 3 is 2.93 bits per heavy atom. The van der Waals surface area contributed by atoms with Gasteiger partial charge in [0, 0.05) is 11.8 Å². The van der Waals surface area contributed by atoms with Gasteiger partial charge in [0.2, 0.25) is 5.88 Å². The van der Waals surface area contributed by atoms with Gasteiger partial charge in [0.15, 0.2) is 0 Å². The van der Waals surface area contributed by atoms with Gasteiger partial charge in [0.25, 0.3) is 0 Å². The van der Waals surface area contributed by atoms with Crippen molar-refractivity contribution in [3.8, 4) is 5.88 Å². The summed E-state index contributed by atoms with van der Waals surface area (Å²) in [6, 6.07) is 0. The zero-order valence-electron chi connectivity index (χ0n) is 8.16. The lowest BCUT2D eigenvalue weighted by Crippen LogP contribution is -2.25. The van der Waals surface area contributed by atoms with Crippen LogP contribution in [0.5, 0.6) is 5.88 Å². The minimum Gasteiger partial charge on any atom is -0.474 e. The minimum absolute atomic E-state index is 0.339. The van der Waals surface area contributed by atoms with E-state index in [-0.39, 0.29) is 0 Å². The van der Waals surface area contributed by atoms with Crippen molar-refractivity contribution in [2.75, 3.05) is 0 Å². The lowest BCUT2D eigenvalue weighted by molar-refractivity contribution is 0.113. The van der Waals surface area contributed by atoms with Crippen molar-refractivity contribution in [1.29, 1.82) is 0 Å². The highest BCUT2D eigenvalue weighted by atomic mass is 35.5. The molecule has 1 saturated carbocycles. The van der Waals surface area contributed by atoms with E-state index in [1.54, 1.807) is 6.20 Å². The van der Waals surface area contributed by atoms with Gasteiger partial charge in [-0.1, -0.05) is 0 Å². The van der Waals surface area contributed by atoms with Gasteiger partial charge in [-0.3, -0.25) is 0 Å². The highest BCUT2D eigenvalue weighted by Crippen LogP contribution is 2.26. The summed E-state index contributed by atoms with van der Waals surface area (Å²) in [5.74, 6) is 1.80. The summed E-state index contributed by atoms with van der Waals surface area (Å²) < 4.78 is 5.72. The Hall–Kier alpha value is -0.830. The second kappa shape index (κ2) is 4.13. The fraction of sp³-hybridized carbons (Fsp3) is 0.600. The van der Waals surface area contributed by atoms with Crippen LogP contribution in [0.15, 0.2) is 6.20 Å². The molecule has 76 valence electrons. The number of aromatic nitrogens is 2. The summed E-state index contributed by atoms with van der Waals surface area (Å²) >= 11 is 5.77. The fourth-order valence-corrected chi connectivity index (χ4v) is 1.50. The van der Waals surface area contributed by atoms with Crippen molar-refractivity contribution < 1.29 is 4.74 Å². The summed E-state index contributed by atoms with van der Waals surface area (Å²) in [7, 11) is 0. The molecule has 14 heavy (non-hydrogen) atoms. The summed E-state index contributed by atoms with van der Waals surface area (Å²) in [5.41, 5.74) is 0.879. The Morgan fingerprint density at radius 2 is 2.36 bits per heavy atom. The maximum atomic E-state index is 5.77. The van der Waals surface area contributed by atoms with E-state index in [0.717, 1.165) is 24.2 Å². The van der Waals surface area contributed by atoms with Crippen LogP contribution in [0.4, 0.5) is 0 Å². The molecule has 0 N–H and O–H groups in total. The van der Waals surface area contributed by atoms with Gasteiger partial charge < -0.3 is 4.74 Å². The largest absolute Gasteiger partial charge is 0.474 e. The third kappa shape index (κ3) is 1.98. The van der Waals surface area contributed by atoms with Crippen LogP contribution in [0.25, 0.3) is 0 Å². The van der Waals surface area contributed by atoms with Crippen LogP contribution in [0.1, 0.15) is 30.7 Å². The lowest BCUT2D eigenvalue weighted by Gasteiger charge is -2.26. The average Bonchev–Trinajstić information content (AvgIpc) is 2.12. The van der Waals surface area contributed by atoms with E-state index < -0.39 is 0 Å². The van der Waals surface area contributed by atoms with Crippen molar-refractivity contribution in [2.45, 2.75) is 38.2 Å². The summed E-state index contributed by atoms with van der Waals surface area (Å²) in [4.78, 5) is 8.33. The van der Waals surface area contributed by atoms with Gasteiger partial charge in [0.05, 0.1) is 5.88 Å². The molecule has 0 atom stereocenters. The fourth-order valence-electron chi connectivity index (χ4n) is 1.31. The van der Waals surface area contributed by atoms with Gasteiger partial charge in [-0.05, 0) is 26.2 Å². The Labute approximate surface area is 88.5 Å². The van der Waals surface area contributed by atoms with E-state index in [0.29, 0.717) is 17.9 Å². The molecule has 1 heterocycles. The van der Waals surface area contributed by atoms with E-state index in [1.807, 2.05) is 6.92 Å². The van der Waals surface area contributed by atoms with Gasteiger partial charge in [-0.25, -0.2) is 4.98 Å². The summed E-state index contributed by atoms with van der Waals surface area (Å²) in [6.45, 7) is 1.85. The van der Waals surface area contributed by atoms with E-state index in [4.69, 9.17) is 16.3 Å². The van der Waals surface area contributed by atoms with Crippen LogP contribution >= 0.6 is 11.6 Å². The van der Waals surface area contributed by atoms with Gasteiger partial charge >= 0.3 is 0 Å². The molecule has 4 heteroatoms. The molecule has 0 aliphatic heterocycles. The number of hydrogen-bond acceptors (Lipinski definition) is 3. The van der Waals surface area contributed by atoms with E-state index in [9.17, 15) is 0 Å². The third-order valence-electron chi connectivity index (χ3n) is 2.42. The molecule has 0 unspecified atom stereocenters. The molecule has 0 amide bonds. The Kier molecular flexibility index (Phi) is 2.87. The first-order chi connectivity index (χ1) is 6.79. The molecule has 0 saturated heterocycles. The second-order valence-corrected chi connectivity index (χ2v) is 3.82. The first-order valence-electron chi connectivity index (χ1n) is 4.84. The van der Waals surface area contributed by atoms with Crippen molar-refractivity contribution in [1.82, 2.24) is 9.97 Å². The highest BCUT2D eigenvalue weighted by molar-refractivity contribution is 6.17. The van der Waals surface area contributed by atoms with Crippen LogP contribution in [-0.4, -0.2) is 16.1 Å². The van der Waals surface area contributed by atoms with Crippen LogP contribution < -0.4 is 4.74 Å². The standard InChI is InChI=1S/C10H13ClN2O/c1-7-12-6-8(5-11)10(13-7)14-9-3-2-4-9/h6,9H,2-5H2,1H3. The molecule has 3 nitrogen and oxygen atoms in total. The normalized spacial score (nSPS) is 16.4. The number of aryl methyl sites for hydroxylation is 1. The Bertz CT molecular complexity index is 326. The predicted molar refractivity (Wildman–Crippen MR) is 54.6 cm³/mol.